The van der Waals surface area contributed by atoms with Crippen molar-refractivity contribution in [1.82, 2.24) is 15.5 Å². The van der Waals surface area contributed by atoms with E-state index in [9.17, 15) is 0 Å². The fourth-order valence-corrected chi connectivity index (χ4v) is 3.31. The highest BCUT2D eigenvalue weighted by molar-refractivity contribution is 14.0. The van der Waals surface area contributed by atoms with E-state index in [1.165, 1.54) is 12.8 Å². The van der Waals surface area contributed by atoms with Gasteiger partial charge in [-0.25, -0.2) is 4.99 Å². The molecule has 1 aromatic carbocycles. The van der Waals surface area contributed by atoms with Crippen LogP contribution < -0.4 is 24.8 Å². The number of ether oxygens (including phenoxy) is 3. The summed E-state index contributed by atoms with van der Waals surface area (Å²) in [5.74, 6) is 2.69. The van der Waals surface area contributed by atoms with Gasteiger partial charge in [-0.2, -0.15) is 0 Å². The van der Waals surface area contributed by atoms with Crippen LogP contribution in [0.1, 0.15) is 39.2 Å². The topological polar surface area (TPSA) is 67.4 Å². The van der Waals surface area contributed by atoms with E-state index in [1.807, 2.05) is 12.1 Å². The number of hydrogen-bond acceptors (Lipinski definition) is 5. The third-order valence-corrected chi connectivity index (χ3v) is 4.83. The van der Waals surface area contributed by atoms with E-state index in [4.69, 9.17) is 19.2 Å². The summed E-state index contributed by atoms with van der Waals surface area (Å²) < 4.78 is 16.2. The summed E-state index contributed by atoms with van der Waals surface area (Å²) >= 11 is 0. The van der Waals surface area contributed by atoms with Gasteiger partial charge in [0.15, 0.2) is 17.5 Å². The van der Waals surface area contributed by atoms with Crippen molar-refractivity contribution in [3.63, 3.8) is 0 Å². The van der Waals surface area contributed by atoms with E-state index in [-0.39, 0.29) is 24.0 Å². The fraction of sp³-hybridized carbons (Fsp3) is 0.667. The molecule has 0 heterocycles. The smallest absolute Gasteiger partial charge is 0.203 e. The first kappa shape index (κ1) is 25.6. The van der Waals surface area contributed by atoms with Crippen molar-refractivity contribution in [2.45, 2.75) is 52.2 Å². The second-order valence-electron chi connectivity index (χ2n) is 7.22. The minimum Gasteiger partial charge on any atom is -0.493 e. The van der Waals surface area contributed by atoms with Crippen molar-refractivity contribution in [3.8, 4) is 17.2 Å². The van der Waals surface area contributed by atoms with Crippen molar-refractivity contribution in [2.75, 3.05) is 41.0 Å². The van der Waals surface area contributed by atoms with Crippen LogP contribution >= 0.6 is 24.0 Å². The molecule has 1 aliphatic carbocycles. The van der Waals surface area contributed by atoms with Crippen LogP contribution in [0.5, 0.6) is 17.2 Å². The normalized spacial score (nSPS) is 13.9. The summed E-state index contributed by atoms with van der Waals surface area (Å²) in [4.78, 5) is 7.28. The quantitative estimate of drug-likeness (QED) is 0.265. The van der Waals surface area contributed by atoms with Gasteiger partial charge in [0.1, 0.15) is 0 Å². The van der Waals surface area contributed by atoms with Gasteiger partial charge in [0.2, 0.25) is 5.75 Å². The van der Waals surface area contributed by atoms with Gasteiger partial charge in [-0.15, -0.1) is 24.0 Å². The Labute approximate surface area is 192 Å². The Morgan fingerprint density at radius 3 is 2.17 bits per heavy atom. The highest BCUT2D eigenvalue weighted by atomic mass is 127. The molecule has 0 saturated heterocycles. The van der Waals surface area contributed by atoms with Gasteiger partial charge in [-0.1, -0.05) is 0 Å². The molecule has 7 nitrogen and oxygen atoms in total. The summed E-state index contributed by atoms with van der Waals surface area (Å²) in [6.07, 6.45) is 2.65. The number of aliphatic imine (C=N–C) groups is 1. The van der Waals surface area contributed by atoms with Crippen LogP contribution in [0.4, 0.5) is 0 Å². The van der Waals surface area contributed by atoms with Gasteiger partial charge < -0.3 is 24.8 Å². The van der Waals surface area contributed by atoms with Crippen molar-refractivity contribution in [3.05, 3.63) is 17.7 Å². The number of methoxy groups -OCH3 is 3. The largest absolute Gasteiger partial charge is 0.493 e. The highest BCUT2D eigenvalue weighted by Crippen LogP contribution is 2.38. The lowest BCUT2D eigenvalue weighted by atomic mass is 10.2. The minimum atomic E-state index is 0. The first-order valence-electron chi connectivity index (χ1n) is 10.1. The zero-order valence-corrected chi connectivity index (χ0v) is 20.9. The van der Waals surface area contributed by atoms with Gasteiger partial charge in [0.25, 0.3) is 0 Å². The van der Waals surface area contributed by atoms with E-state index in [0.29, 0.717) is 29.8 Å². The Balaban J connectivity index is 0.00000420. The second-order valence-corrected chi connectivity index (χ2v) is 7.22. The predicted octanol–water partition coefficient (Wildman–Crippen LogP) is 3.26. The number of nitrogens with one attached hydrogen (secondary N) is 2. The number of hydrogen-bond donors (Lipinski definition) is 2. The average Bonchev–Trinajstić information content (AvgIpc) is 3.52. The van der Waals surface area contributed by atoms with Crippen LogP contribution in [-0.4, -0.2) is 63.9 Å². The molecule has 8 heteroatoms. The Morgan fingerprint density at radius 1 is 1.10 bits per heavy atom. The first-order chi connectivity index (χ1) is 13.5. The molecule has 0 radical (unpaired) electrons. The number of benzene rings is 1. The molecule has 166 valence electrons. The molecule has 2 N–H and O–H groups in total. The van der Waals surface area contributed by atoms with E-state index < -0.39 is 0 Å². The molecule has 0 amide bonds. The van der Waals surface area contributed by atoms with Gasteiger partial charge in [-0.3, -0.25) is 4.90 Å². The molecule has 1 aliphatic rings. The Bertz CT molecular complexity index is 624. The van der Waals surface area contributed by atoms with Crippen molar-refractivity contribution < 1.29 is 14.2 Å². The lowest BCUT2D eigenvalue weighted by Gasteiger charge is -2.26. The summed E-state index contributed by atoms with van der Waals surface area (Å²) in [6, 6.07) is 5.21. The number of nitrogens with zero attached hydrogens (tertiary/aromatic N) is 2. The summed E-state index contributed by atoms with van der Waals surface area (Å²) in [5.41, 5.74) is 0.994. The Kier molecular flexibility index (Phi) is 11.5. The maximum absolute atomic E-state index is 5.43. The Morgan fingerprint density at radius 2 is 1.72 bits per heavy atom. The van der Waals surface area contributed by atoms with Crippen LogP contribution in [0.3, 0.4) is 0 Å². The maximum Gasteiger partial charge on any atom is 0.203 e. The molecule has 1 fully saturated rings. The van der Waals surface area contributed by atoms with Gasteiger partial charge in [0, 0.05) is 31.7 Å². The van der Waals surface area contributed by atoms with Crippen LogP contribution in [-0.2, 0) is 6.54 Å². The lowest BCUT2D eigenvalue weighted by molar-refractivity contribution is 0.215. The highest BCUT2D eigenvalue weighted by Gasteiger charge is 2.30. The molecule has 1 aromatic rings. The van der Waals surface area contributed by atoms with E-state index >= 15 is 0 Å². The van der Waals surface area contributed by atoms with Gasteiger partial charge in [-0.05, 0) is 51.3 Å². The standard InChI is InChI=1S/C21H36N4O3.HI/c1-7-22-21(23-10-11-25(15(2)3)17-8-9-17)24-14-16-12-18(26-4)20(28-6)19(13-16)27-5;/h12-13,15,17H,7-11,14H2,1-6H3,(H2,22,23,24);1H. The van der Waals surface area contributed by atoms with Crippen molar-refractivity contribution in [2.24, 2.45) is 4.99 Å². The third-order valence-electron chi connectivity index (χ3n) is 4.83. The molecule has 0 unspecified atom stereocenters. The summed E-state index contributed by atoms with van der Waals surface area (Å²) in [6.45, 7) is 9.83. The van der Waals surface area contributed by atoms with Crippen LogP contribution in [0.15, 0.2) is 17.1 Å². The fourth-order valence-electron chi connectivity index (χ4n) is 3.31. The lowest BCUT2D eigenvalue weighted by Crippen LogP contribution is -2.43. The summed E-state index contributed by atoms with van der Waals surface area (Å²) in [5, 5.41) is 6.76. The Hall–Kier alpha value is -1.42. The molecular weight excluding hydrogens is 483 g/mol. The average molecular weight is 520 g/mol. The number of guanidine groups is 1. The number of rotatable bonds is 11. The van der Waals surface area contributed by atoms with E-state index in [2.05, 4.69) is 36.3 Å². The SMILES string of the molecule is CCNC(=NCc1cc(OC)c(OC)c(OC)c1)NCCN(C(C)C)C1CC1.I. The molecule has 0 atom stereocenters. The molecular formula is C21H37IN4O3. The van der Waals surface area contributed by atoms with E-state index in [1.54, 1.807) is 21.3 Å². The van der Waals surface area contributed by atoms with E-state index in [0.717, 1.165) is 37.2 Å². The maximum atomic E-state index is 5.43. The number of halogens is 1. The molecule has 0 aromatic heterocycles. The third kappa shape index (κ3) is 7.73. The van der Waals surface area contributed by atoms with Gasteiger partial charge in [0.05, 0.1) is 27.9 Å². The summed E-state index contributed by atoms with van der Waals surface area (Å²) in [7, 11) is 4.85. The molecule has 2 rings (SSSR count). The minimum absolute atomic E-state index is 0. The molecule has 0 aliphatic heterocycles. The second kappa shape index (κ2) is 13.0. The van der Waals surface area contributed by atoms with Gasteiger partial charge >= 0.3 is 0 Å². The van der Waals surface area contributed by atoms with Crippen LogP contribution in [0.25, 0.3) is 0 Å². The van der Waals surface area contributed by atoms with Crippen LogP contribution in [0.2, 0.25) is 0 Å². The van der Waals surface area contributed by atoms with Crippen molar-refractivity contribution in [1.29, 1.82) is 0 Å². The van der Waals surface area contributed by atoms with Crippen molar-refractivity contribution >= 4 is 29.9 Å². The molecule has 0 spiro atoms. The zero-order valence-electron chi connectivity index (χ0n) is 18.6. The molecule has 29 heavy (non-hydrogen) atoms. The zero-order chi connectivity index (χ0) is 20.5. The molecule has 1 saturated carbocycles. The van der Waals surface area contributed by atoms with Crippen LogP contribution in [0, 0.1) is 0 Å². The monoisotopic (exact) mass is 520 g/mol. The molecule has 0 bridgehead atoms. The predicted molar refractivity (Wildman–Crippen MR) is 129 cm³/mol. The first-order valence-corrected chi connectivity index (χ1v) is 10.1.